The van der Waals surface area contributed by atoms with Gasteiger partial charge in [0, 0.05) is 0 Å². The minimum absolute atomic E-state index is 0.102. The van der Waals surface area contributed by atoms with E-state index >= 15 is 0 Å². The van der Waals surface area contributed by atoms with E-state index < -0.39 is 0 Å². The molecule has 3 heteroatoms. The average Bonchev–Trinajstić information content (AvgIpc) is 2.40. The fraction of sp³-hybridized carbons (Fsp3) is 0.750. The largest absolute Gasteiger partial charge is 0.371 e. The van der Waals surface area contributed by atoms with Crippen LogP contribution in [0.2, 0.25) is 0 Å². The fourth-order valence-corrected chi connectivity index (χ4v) is 2.02. The summed E-state index contributed by atoms with van der Waals surface area (Å²) in [5, 5.41) is 0. The molecule has 2 saturated heterocycles. The van der Waals surface area contributed by atoms with Crippen LogP contribution in [0, 0.1) is 0 Å². The van der Waals surface area contributed by atoms with E-state index in [2.05, 4.69) is 12.2 Å². The molecule has 2 fully saturated rings. The van der Waals surface area contributed by atoms with E-state index in [1.807, 2.05) is 0 Å². The average molecular weight is 154 g/mol. The molecule has 0 N–H and O–H groups in total. The van der Waals surface area contributed by atoms with Crippen LogP contribution in [0.1, 0.15) is 6.42 Å². The van der Waals surface area contributed by atoms with Crippen LogP contribution < -0.4 is 0 Å². The molecule has 11 heavy (non-hydrogen) atoms. The van der Waals surface area contributed by atoms with Gasteiger partial charge in [0.1, 0.15) is 12.9 Å². The van der Waals surface area contributed by atoms with Gasteiger partial charge in [0.15, 0.2) is 5.60 Å². The molecule has 1 aliphatic carbocycles. The Labute approximate surface area is 64.9 Å². The van der Waals surface area contributed by atoms with Crippen molar-refractivity contribution < 1.29 is 14.2 Å². The summed E-state index contributed by atoms with van der Waals surface area (Å²) in [6, 6.07) is 0. The van der Waals surface area contributed by atoms with Crippen molar-refractivity contribution in [2.24, 2.45) is 0 Å². The van der Waals surface area contributed by atoms with Gasteiger partial charge in [-0.15, -0.1) is 0 Å². The second-order valence-corrected chi connectivity index (χ2v) is 3.27. The molecule has 3 rings (SSSR count). The zero-order chi connectivity index (χ0) is 7.31. The van der Waals surface area contributed by atoms with Crippen molar-refractivity contribution in [3.05, 3.63) is 12.2 Å². The van der Waals surface area contributed by atoms with Gasteiger partial charge in [0.2, 0.25) is 0 Å². The van der Waals surface area contributed by atoms with Crippen LogP contribution in [0.4, 0.5) is 0 Å². The Morgan fingerprint density at radius 2 is 2.36 bits per heavy atom. The third-order valence-corrected chi connectivity index (χ3v) is 2.77. The van der Waals surface area contributed by atoms with Gasteiger partial charge < -0.3 is 14.2 Å². The van der Waals surface area contributed by atoms with Crippen LogP contribution in [0.15, 0.2) is 12.2 Å². The predicted octanol–water partition coefficient (Wildman–Crippen LogP) is 0.457. The highest BCUT2D eigenvalue weighted by molar-refractivity contribution is 5.18. The number of hydrogen-bond acceptors (Lipinski definition) is 3. The SMILES string of the molecule is C1=CC2OCOC23COC3C1. The van der Waals surface area contributed by atoms with Gasteiger partial charge in [-0.2, -0.15) is 0 Å². The Morgan fingerprint density at radius 3 is 3.09 bits per heavy atom. The maximum Gasteiger partial charge on any atom is 0.150 e. The number of rotatable bonds is 0. The molecule has 3 aliphatic rings. The van der Waals surface area contributed by atoms with Crippen molar-refractivity contribution in [1.29, 1.82) is 0 Å². The first-order chi connectivity index (χ1) is 5.42. The molecule has 3 atom stereocenters. The first-order valence-corrected chi connectivity index (χ1v) is 3.96. The summed E-state index contributed by atoms with van der Waals surface area (Å²) in [5.41, 5.74) is -0.102. The third kappa shape index (κ3) is 0.596. The highest BCUT2D eigenvalue weighted by Gasteiger charge is 2.59. The Kier molecular flexibility index (Phi) is 1.04. The topological polar surface area (TPSA) is 27.7 Å². The quantitative estimate of drug-likeness (QED) is 0.474. The van der Waals surface area contributed by atoms with Gasteiger partial charge in [-0.3, -0.25) is 0 Å². The van der Waals surface area contributed by atoms with Crippen molar-refractivity contribution in [3.8, 4) is 0 Å². The van der Waals surface area contributed by atoms with Crippen LogP contribution in [0.3, 0.4) is 0 Å². The van der Waals surface area contributed by atoms with E-state index in [0.717, 1.165) is 6.42 Å². The van der Waals surface area contributed by atoms with Crippen LogP contribution in [0.5, 0.6) is 0 Å². The highest BCUT2D eigenvalue weighted by atomic mass is 16.8. The van der Waals surface area contributed by atoms with Crippen LogP contribution in [-0.2, 0) is 14.2 Å². The molecule has 3 nitrogen and oxygen atoms in total. The molecule has 2 aliphatic heterocycles. The van der Waals surface area contributed by atoms with E-state index in [1.165, 1.54) is 0 Å². The Morgan fingerprint density at radius 1 is 1.36 bits per heavy atom. The number of hydrogen-bond donors (Lipinski definition) is 0. The standard InChI is InChI=1S/C8H10O3/c1-2-6-8(4-9-6)7(3-1)10-5-11-8/h1,3,6-7H,2,4-5H2. The molecule has 0 amide bonds. The summed E-state index contributed by atoms with van der Waals surface area (Å²) in [6.07, 6.45) is 5.57. The van der Waals surface area contributed by atoms with Crippen LogP contribution in [-0.4, -0.2) is 31.2 Å². The van der Waals surface area contributed by atoms with Crippen molar-refractivity contribution in [2.45, 2.75) is 24.2 Å². The van der Waals surface area contributed by atoms with Crippen molar-refractivity contribution in [3.63, 3.8) is 0 Å². The molecule has 0 bridgehead atoms. The predicted molar refractivity (Wildman–Crippen MR) is 37.1 cm³/mol. The fourth-order valence-electron chi connectivity index (χ4n) is 2.02. The first-order valence-electron chi connectivity index (χ1n) is 3.96. The van der Waals surface area contributed by atoms with Gasteiger partial charge in [0.25, 0.3) is 0 Å². The maximum absolute atomic E-state index is 5.54. The lowest BCUT2D eigenvalue weighted by Crippen LogP contribution is -2.64. The van der Waals surface area contributed by atoms with Crippen molar-refractivity contribution in [1.82, 2.24) is 0 Å². The molecule has 0 saturated carbocycles. The Balaban J connectivity index is 1.99. The Bertz CT molecular complexity index is 213. The van der Waals surface area contributed by atoms with Gasteiger partial charge in [0.05, 0.1) is 12.7 Å². The van der Waals surface area contributed by atoms with E-state index in [0.29, 0.717) is 13.4 Å². The molecule has 3 unspecified atom stereocenters. The molecular formula is C8H10O3. The van der Waals surface area contributed by atoms with Gasteiger partial charge >= 0.3 is 0 Å². The summed E-state index contributed by atoms with van der Waals surface area (Å²) in [7, 11) is 0. The van der Waals surface area contributed by atoms with E-state index in [9.17, 15) is 0 Å². The highest BCUT2D eigenvalue weighted by Crippen LogP contribution is 2.43. The normalized spacial score (nSPS) is 53.1. The lowest BCUT2D eigenvalue weighted by Gasteiger charge is -2.48. The zero-order valence-corrected chi connectivity index (χ0v) is 6.16. The second-order valence-electron chi connectivity index (χ2n) is 3.27. The van der Waals surface area contributed by atoms with Gasteiger partial charge in [-0.05, 0) is 6.42 Å². The minimum Gasteiger partial charge on any atom is -0.371 e. The summed E-state index contributed by atoms with van der Waals surface area (Å²) in [6.45, 7) is 1.13. The van der Waals surface area contributed by atoms with E-state index in [4.69, 9.17) is 14.2 Å². The van der Waals surface area contributed by atoms with E-state index in [1.54, 1.807) is 0 Å². The van der Waals surface area contributed by atoms with Gasteiger partial charge in [-0.25, -0.2) is 0 Å². The van der Waals surface area contributed by atoms with Crippen molar-refractivity contribution in [2.75, 3.05) is 13.4 Å². The zero-order valence-electron chi connectivity index (χ0n) is 6.16. The molecule has 2 heterocycles. The van der Waals surface area contributed by atoms with E-state index in [-0.39, 0.29) is 17.8 Å². The molecule has 1 spiro atoms. The summed E-state index contributed by atoms with van der Waals surface area (Å²) < 4.78 is 16.3. The summed E-state index contributed by atoms with van der Waals surface area (Å²) >= 11 is 0. The molecule has 60 valence electrons. The summed E-state index contributed by atoms with van der Waals surface area (Å²) in [4.78, 5) is 0. The maximum atomic E-state index is 5.54. The Hall–Kier alpha value is -0.380. The van der Waals surface area contributed by atoms with Crippen molar-refractivity contribution >= 4 is 0 Å². The lowest BCUT2D eigenvalue weighted by molar-refractivity contribution is -0.243. The van der Waals surface area contributed by atoms with Gasteiger partial charge in [-0.1, -0.05) is 12.2 Å². The minimum atomic E-state index is -0.102. The van der Waals surface area contributed by atoms with Crippen LogP contribution >= 0.6 is 0 Å². The number of ether oxygens (including phenoxy) is 3. The summed E-state index contributed by atoms with van der Waals surface area (Å²) in [5.74, 6) is 0. The molecular weight excluding hydrogens is 144 g/mol. The monoisotopic (exact) mass is 154 g/mol. The second kappa shape index (κ2) is 1.86. The third-order valence-electron chi connectivity index (χ3n) is 2.77. The molecule has 0 aromatic rings. The molecule has 0 aromatic carbocycles. The molecule has 0 aromatic heterocycles. The first kappa shape index (κ1) is 6.17. The molecule has 0 radical (unpaired) electrons. The smallest absolute Gasteiger partial charge is 0.150 e. The van der Waals surface area contributed by atoms with Crippen LogP contribution in [0.25, 0.3) is 0 Å². The lowest BCUT2D eigenvalue weighted by atomic mass is 9.80.